The van der Waals surface area contributed by atoms with Gasteiger partial charge in [0.15, 0.2) is 0 Å². The Balaban J connectivity index is 1.14. The first-order valence-corrected chi connectivity index (χ1v) is 14.6. The van der Waals surface area contributed by atoms with Gasteiger partial charge < -0.3 is 0 Å². The summed E-state index contributed by atoms with van der Waals surface area (Å²) >= 11 is 0. The van der Waals surface area contributed by atoms with Crippen molar-refractivity contribution in [1.82, 2.24) is 0 Å². The number of benzene rings is 2. The zero-order valence-electron chi connectivity index (χ0n) is 21.9. The van der Waals surface area contributed by atoms with E-state index in [9.17, 15) is 4.39 Å². The van der Waals surface area contributed by atoms with Gasteiger partial charge in [-0.2, -0.15) is 0 Å². The predicted octanol–water partition coefficient (Wildman–Crippen LogP) is 10.2. The smallest absolute Gasteiger partial charge is 0.126 e. The van der Waals surface area contributed by atoms with Crippen LogP contribution in [0.1, 0.15) is 130 Å². The van der Waals surface area contributed by atoms with Gasteiger partial charge in [0.2, 0.25) is 0 Å². The van der Waals surface area contributed by atoms with Crippen LogP contribution in [-0.4, -0.2) is 0 Å². The lowest BCUT2D eigenvalue weighted by atomic mass is 9.68. The van der Waals surface area contributed by atoms with Crippen LogP contribution >= 0.6 is 0 Å². The van der Waals surface area contributed by atoms with Gasteiger partial charge in [0, 0.05) is 0 Å². The largest absolute Gasteiger partial charge is 0.207 e. The van der Waals surface area contributed by atoms with Gasteiger partial charge in [-0.3, -0.25) is 0 Å². The fourth-order valence-corrected chi connectivity index (χ4v) is 7.72. The highest BCUT2D eigenvalue weighted by Gasteiger charge is 2.32. The molecule has 3 aliphatic carbocycles. The molecule has 0 unspecified atom stereocenters. The lowest BCUT2D eigenvalue weighted by molar-refractivity contribution is 0.158. The molecule has 190 valence electrons. The summed E-state index contributed by atoms with van der Waals surface area (Å²) in [6, 6.07) is 11.9. The summed E-state index contributed by atoms with van der Waals surface area (Å²) in [7, 11) is 0. The van der Waals surface area contributed by atoms with Gasteiger partial charge in [-0.15, -0.1) is 0 Å². The number of hydrogen-bond donors (Lipinski definition) is 0. The van der Waals surface area contributed by atoms with Gasteiger partial charge in [-0.25, -0.2) is 8.78 Å². The van der Waals surface area contributed by atoms with Gasteiger partial charge in [-0.05, 0) is 141 Å². The molecule has 2 heteroatoms. The molecular formula is C33H44F2. The second-order valence-electron chi connectivity index (χ2n) is 12.1. The van der Waals surface area contributed by atoms with Crippen LogP contribution in [0.15, 0.2) is 36.4 Å². The van der Waals surface area contributed by atoms with Crippen molar-refractivity contribution in [3.05, 3.63) is 70.3 Å². The maximum absolute atomic E-state index is 15.3. The second kappa shape index (κ2) is 11.1. The lowest BCUT2D eigenvalue weighted by Gasteiger charge is -2.38. The summed E-state index contributed by atoms with van der Waals surface area (Å²) in [6.07, 6.45) is 16.3. The number of rotatable bonds is 5. The summed E-state index contributed by atoms with van der Waals surface area (Å²) in [5, 5.41) is 0. The standard InChI is InChI=1S/C33H44F2/c1-3-23-5-8-24(9-6-23)25-10-12-26(13-11-25)30-18-19-31(33(35)21-30)28-16-14-27(15-17-28)29-7-4-22(2)32(34)20-29/h4,7,18-21,23-28H,3,5-6,8-17H2,1-2H3. The Morgan fingerprint density at radius 1 is 0.600 bits per heavy atom. The Morgan fingerprint density at radius 2 is 1.09 bits per heavy atom. The molecule has 0 bridgehead atoms. The number of halogens is 2. The van der Waals surface area contributed by atoms with Crippen LogP contribution in [0, 0.1) is 36.3 Å². The Hall–Kier alpha value is -1.70. The van der Waals surface area contributed by atoms with E-state index in [1.807, 2.05) is 19.1 Å². The summed E-state index contributed by atoms with van der Waals surface area (Å²) in [4.78, 5) is 0. The SMILES string of the molecule is CCC1CCC(C2CCC(c3ccc(C4CCC(c5ccc(C)c(F)c5)CC4)c(F)c3)CC2)CC1. The van der Waals surface area contributed by atoms with E-state index >= 15 is 4.39 Å². The van der Waals surface area contributed by atoms with E-state index < -0.39 is 0 Å². The van der Waals surface area contributed by atoms with E-state index in [1.165, 1.54) is 63.4 Å². The molecule has 3 saturated carbocycles. The topological polar surface area (TPSA) is 0 Å². The molecule has 0 atom stereocenters. The molecule has 0 aliphatic heterocycles. The third kappa shape index (κ3) is 5.67. The molecule has 0 amide bonds. The van der Waals surface area contributed by atoms with E-state index in [0.29, 0.717) is 23.3 Å². The molecule has 0 heterocycles. The first kappa shape index (κ1) is 25.0. The molecule has 2 aromatic carbocycles. The van der Waals surface area contributed by atoms with Crippen molar-refractivity contribution in [3.63, 3.8) is 0 Å². The van der Waals surface area contributed by atoms with Crippen molar-refractivity contribution in [2.75, 3.05) is 0 Å². The Kier molecular flexibility index (Phi) is 7.95. The van der Waals surface area contributed by atoms with Crippen molar-refractivity contribution < 1.29 is 8.78 Å². The summed E-state index contributed by atoms with van der Waals surface area (Å²) < 4.78 is 29.3. The fraction of sp³-hybridized carbons (Fsp3) is 0.636. The maximum Gasteiger partial charge on any atom is 0.126 e. The third-order valence-electron chi connectivity index (χ3n) is 10.2. The van der Waals surface area contributed by atoms with Gasteiger partial charge in [0.25, 0.3) is 0 Å². The fourth-order valence-electron chi connectivity index (χ4n) is 7.72. The summed E-state index contributed by atoms with van der Waals surface area (Å²) in [6.45, 7) is 4.16. The first-order chi connectivity index (χ1) is 17.0. The highest BCUT2D eigenvalue weighted by atomic mass is 19.1. The van der Waals surface area contributed by atoms with Gasteiger partial charge >= 0.3 is 0 Å². The van der Waals surface area contributed by atoms with E-state index in [0.717, 1.165) is 54.6 Å². The molecule has 35 heavy (non-hydrogen) atoms. The van der Waals surface area contributed by atoms with Crippen LogP contribution in [-0.2, 0) is 0 Å². The minimum atomic E-state index is -0.107. The number of aryl methyl sites for hydroxylation is 1. The molecule has 0 saturated heterocycles. The van der Waals surface area contributed by atoms with Crippen LogP contribution in [0.4, 0.5) is 8.78 Å². The Morgan fingerprint density at radius 3 is 1.63 bits per heavy atom. The monoisotopic (exact) mass is 478 g/mol. The normalized spacial score (nSPS) is 31.9. The van der Waals surface area contributed by atoms with E-state index in [1.54, 1.807) is 6.07 Å². The highest BCUT2D eigenvalue weighted by molar-refractivity contribution is 5.31. The van der Waals surface area contributed by atoms with Crippen LogP contribution in [0.3, 0.4) is 0 Å². The average molecular weight is 479 g/mol. The van der Waals surface area contributed by atoms with Gasteiger partial charge in [0.1, 0.15) is 11.6 Å². The van der Waals surface area contributed by atoms with E-state index in [2.05, 4.69) is 25.1 Å². The van der Waals surface area contributed by atoms with Crippen molar-refractivity contribution in [1.29, 1.82) is 0 Å². The van der Waals surface area contributed by atoms with Crippen molar-refractivity contribution in [2.45, 2.75) is 115 Å². The van der Waals surface area contributed by atoms with E-state index in [-0.39, 0.29) is 11.6 Å². The summed E-state index contributed by atoms with van der Waals surface area (Å²) in [5.74, 6) is 3.96. The van der Waals surface area contributed by atoms with Crippen LogP contribution in [0.2, 0.25) is 0 Å². The van der Waals surface area contributed by atoms with Crippen LogP contribution in [0.5, 0.6) is 0 Å². The molecule has 0 nitrogen and oxygen atoms in total. The molecule has 2 aromatic rings. The predicted molar refractivity (Wildman–Crippen MR) is 142 cm³/mol. The zero-order chi connectivity index (χ0) is 24.4. The molecule has 0 radical (unpaired) electrons. The Labute approximate surface area is 211 Å². The molecular weight excluding hydrogens is 434 g/mol. The van der Waals surface area contributed by atoms with Crippen molar-refractivity contribution in [2.24, 2.45) is 17.8 Å². The molecule has 3 aliphatic rings. The molecule has 0 N–H and O–H groups in total. The van der Waals surface area contributed by atoms with Gasteiger partial charge in [0.05, 0.1) is 0 Å². The lowest BCUT2D eigenvalue weighted by Crippen LogP contribution is -2.25. The quantitative estimate of drug-likeness (QED) is 0.401. The van der Waals surface area contributed by atoms with Crippen LogP contribution < -0.4 is 0 Å². The molecule has 3 fully saturated rings. The van der Waals surface area contributed by atoms with E-state index in [4.69, 9.17) is 0 Å². The average Bonchev–Trinajstić information content (AvgIpc) is 2.90. The highest BCUT2D eigenvalue weighted by Crippen LogP contribution is 2.45. The Bertz CT molecular complexity index is 971. The zero-order valence-corrected chi connectivity index (χ0v) is 21.9. The molecule has 0 spiro atoms. The second-order valence-corrected chi connectivity index (χ2v) is 12.1. The first-order valence-electron chi connectivity index (χ1n) is 14.6. The van der Waals surface area contributed by atoms with Crippen molar-refractivity contribution in [3.8, 4) is 0 Å². The minimum absolute atomic E-state index is 0.00680. The third-order valence-corrected chi connectivity index (χ3v) is 10.2. The van der Waals surface area contributed by atoms with Crippen molar-refractivity contribution >= 4 is 0 Å². The minimum Gasteiger partial charge on any atom is -0.207 e. The van der Waals surface area contributed by atoms with Gasteiger partial charge in [-0.1, -0.05) is 50.5 Å². The summed E-state index contributed by atoms with van der Waals surface area (Å²) in [5.41, 5.74) is 3.94. The number of hydrogen-bond acceptors (Lipinski definition) is 0. The van der Waals surface area contributed by atoms with Crippen LogP contribution in [0.25, 0.3) is 0 Å². The maximum atomic E-state index is 15.3. The molecule has 0 aromatic heterocycles. The molecule has 5 rings (SSSR count).